The number of benzene rings is 1. The second-order valence-electron chi connectivity index (χ2n) is 6.08. The molecule has 128 valence electrons. The summed E-state index contributed by atoms with van der Waals surface area (Å²) < 4.78 is 0. The molecule has 24 heavy (non-hydrogen) atoms. The van der Waals surface area contributed by atoms with Crippen LogP contribution in [0, 0.1) is 0 Å². The minimum atomic E-state index is 0.256. The zero-order valence-corrected chi connectivity index (χ0v) is 14.1. The van der Waals surface area contributed by atoms with Crippen molar-refractivity contribution in [1.82, 2.24) is 19.9 Å². The number of anilines is 3. The fraction of sp³-hybridized carbons (Fsp3) is 0.438. The molecule has 2 heterocycles. The first kappa shape index (κ1) is 16.3. The molecule has 3 rings (SSSR count). The van der Waals surface area contributed by atoms with Crippen molar-refractivity contribution in [2.75, 3.05) is 55.8 Å². The second-order valence-corrected chi connectivity index (χ2v) is 6.08. The number of rotatable bonds is 4. The maximum Gasteiger partial charge on any atom is 0.229 e. The summed E-state index contributed by atoms with van der Waals surface area (Å²) in [6.45, 7) is 4.35. The smallest absolute Gasteiger partial charge is 0.229 e. The van der Waals surface area contributed by atoms with E-state index in [1.54, 1.807) is 12.1 Å². The molecule has 0 spiro atoms. The van der Waals surface area contributed by atoms with E-state index in [2.05, 4.69) is 24.8 Å². The molecular weight excluding hydrogens is 306 g/mol. The van der Waals surface area contributed by atoms with Gasteiger partial charge in [0.25, 0.3) is 0 Å². The monoisotopic (exact) mass is 329 g/mol. The molecule has 0 saturated carbocycles. The van der Waals surface area contributed by atoms with Crippen molar-refractivity contribution in [3.8, 4) is 5.75 Å². The highest BCUT2D eigenvalue weighted by Gasteiger charge is 2.19. The Hall–Kier alpha value is -2.61. The van der Waals surface area contributed by atoms with Crippen LogP contribution in [-0.2, 0) is 6.54 Å². The summed E-state index contributed by atoms with van der Waals surface area (Å²) in [5.41, 5.74) is 6.91. The van der Waals surface area contributed by atoms with Crippen LogP contribution in [-0.4, -0.2) is 65.2 Å². The molecule has 1 aromatic heterocycles. The van der Waals surface area contributed by atoms with Gasteiger partial charge in [-0.1, -0.05) is 0 Å². The van der Waals surface area contributed by atoms with Gasteiger partial charge in [-0.3, -0.25) is 4.90 Å². The van der Waals surface area contributed by atoms with E-state index in [4.69, 9.17) is 5.73 Å². The Labute approximate surface area is 141 Å². The van der Waals surface area contributed by atoms with Crippen molar-refractivity contribution in [3.05, 3.63) is 30.1 Å². The van der Waals surface area contributed by atoms with E-state index >= 15 is 0 Å². The summed E-state index contributed by atoms with van der Waals surface area (Å²) in [6, 6.07) is 7.33. The number of nitrogens with zero attached hydrogens (tertiary/aromatic N) is 6. The highest BCUT2D eigenvalue weighted by Crippen LogP contribution is 2.20. The van der Waals surface area contributed by atoms with E-state index in [1.165, 1.54) is 0 Å². The summed E-state index contributed by atoms with van der Waals surface area (Å²) in [6.07, 6.45) is 0. The van der Waals surface area contributed by atoms with Crippen LogP contribution in [0.4, 0.5) is 17.6 Å². The largest absolute Gasteiger partial charge is 0.508 e. The van der Waals surface area contributed by atoms with E-state index in [0.717, 1.165) is 31.9 Å². The molecule has 0 atom stereocenters. The number of phenols is 1. The number of nitrogen functional groups attached to an aromatic ring is 1. The number of nitrogens with two attached hydrogens (primary N) is 1. The van der Waals surface area contributed by atoms with Gasteiger partial charge in [-0.25, -0.2) is 0 Å². The molecule has 0 radical (unpaired) electrons. The maximum atomic E-state index is 9.39. The molecule has 0 unspecified atom stereocenters. The van der Waals surface area contributed by atoms with Gasteiger partial charge in [-0.2, -0.15) is 15.0 Å². The summed E-state index contributed by atoms with van der Waals surface area (Å²) in [5.74, 6) is 1.83. The molecule has 0 amide bonds. The fourth-order valence-electron chi connectivity index (χ4n) is 2.72. The lowest BCUT2D eigenvalue weighted by molar-refractivity contribution is 0.244. The van der Waals surface area contributed by atoms with Crippen molar-refractivity contribution in [2.45, 2.75) is 6.54 Å². The van der Waals surface area contributed by atoms with Crippen LogP contribution >= 0.6 is 0 Å². The number of hydrogen-bond donors (Lipinski definition) is 2. The first-order valence-electron chi connectivity index (χ1n) is 7.95. The van der Waals surface area contributed by atoms with Crippen molar-refractivity contribution in [3.63, 3.8) is 0 Å². The van der Waals surface area contributed by atoms with Gasteiger partial charge in [-0.15, -0.1) is 0 Å². The number of piperazine rings is 1. The fourth-order valence-corrected chi connectivity index (χ4v) is 2.72. The van der Waals surface area contributed by atoms with Gasteiger partial charge < -0.3 is 20.6 Å². The van der Waals surface area contributed by atoms with Gasteiger partial charge in [0.15, 0.2) is 0 Å². The molecule has 3 N–H and O–H groups in total. The molecule has 1 aromatic carbocycles. The summed E-state index contributed by atoms with van der Waals surface area (Å²) in [4.78, 5) is 19.3. The normalized spacial score (nSPS) is 15.5. The lowest BCUT2D eigenvalue weighted by Gasteiger charge is -2.35. The molecule has 1 fully saturated rings. The van der Waals surface area contributed by atoms with E-state index < -0.39 is 0 Å². The first-order chi connectivity index (χ1) is 11.5. The van der Waals surface area contributed by atoms with Gasteiger partial charge in [0, 0.05) is 46.0 Å². The van der Waals surface area contributed by atoms with Crippen LogP contribution in [0.1, 0.15) is 5.82 Å². The molecule has 1 aliphatic heterocycles. The Morgan fingerprint density at radius 3 is 2.33 bits per heavy atom. The predicted octanol–water partition coefficient (Wildman–Crippen LogP) is 0.548. The lowest BCUT2D eigenvalue weighted by Crippen LogP contribution is -2.46. The Balaban J connectivity index is 1.60. The average Bonchev–Trinajstić information content (AvgIpc) is 2.56. The number of aromatic hydroxyl groups is 1. The zero-order chi connectivity index (χ0) is 17.1. The summed E-state index contributed by atoms with van der Waals surface area (Å²) in [7, 11) is 3.77. The van der Waals surface area contributed by atoms with Gasteiger partial charge in [0.2, 0.25) is 11.9 Å². The van der Waals surface area contributed by atoms with Crippen molar-refractivity contribution < 1.29 is 5.11 Å². The van der Waals surface area contributed by atoms with Gasteiger partial charge in [-0.05, 0) is 24.3 Å². The average molecular weight is 329 g/mol. The third kappa shape index (κ3) is 3.83. The molecular formula is C16H23N7O. The molecule has 8 nitrogen and oxygen atoms in total. The van der Waals surface area contributed by atoms with Gasteiger partial charge in [0.1, 0.15) is 11.6 Å². The third-order valence-corrected chi connectivity index (χ3v) is 4.04. The minimum Gasteiger partial charge on any atom is -0.508 e. The van der Waals surface area contributed by atoms with E-state index in [0.29, 0.717) is 24.1 Å². The van der Waals surface area contributed by atoms with Gasteiger partial charge in [0.05, 0.1) is 6.54 Å². The Morgan fingerprint density at radius 2 is 1.71 bits per heavy atom. The molecule has 0 bridgehead atoms. The van der Waals surface area contributed by atoms with Crippen LogP contribution in [0.2, 0.25) is 0 Å². The van der Waals surface area contributed by atoms with E-state index in [9.17, 15) is 5.11 Å². The summed E-state index contributed by atoms with van der Waals surface area (Å²) in [5, 5.41) is 9.39. The highest BCUT2D eigenvalue weighted by molar-refractivity contribution is 5.49. The summed E-state index contributed by atoms with van der Waals surface area (Å²) >= 11 is 0. The second kappa shape index (κ2) is 6.88. The Bertz CT molecular complexity index is 681. The maximum absolute atomic E-state index is 9.39. The number of phenolic OH excluding ortho intramolecular Hbond substituents is 1. The van der Waals surface area contributed by atoms with Crippen LogP contribution in [0.25, 0.3) is 0 Å². The molecule has 8 heteroatoms. The molecule has 2 aromatic rings. The molecule has 1 saturated heterocycles. The Kier molecular flexibility index (Phi) is 4.66. The number of aromatic nitrogens is 3. The van der Waals surface area contributed by atoms with Gasteiger partial charge >= 0.3 is 0 Å². The lowest BCUT2D eigenvalue weighted by atomic mass is 10.2. The molecule has 1 aliphatic rings. The third-order valence-electron chi connectivity index (χ3n) is 4.04. The van der Waals surface area contributed by atoms with Crippen molar-refractivity contribution in [1.29, 1.82) is 0 Å². The van der Waals surface area contributed by atoms with E-state index in [1.807, 2.05) is 31.1 Å². The zero-order valence-electron chi connectivity index (χ0n) is 14.1. The Morgan fingerprint density at radius 1 is 1.04 bits per heavy atom. The van der Waals surface area contributed by atoms with Crippen LogP contribution < -0.4 is 15.5 Å². The van der Waals surface area contributed by atoms with Crippen LogP contribution in [0.3, 0.4) is 0 Å². The minimum absolute atomic E-state index is 0.256. The highest BCUT2D eigenvalue weighted by atomic mass is 16.3. The standard InChI is InChI=1S/C16H23N7O/c1-21(2)16-19-14(18-15(17)20-16)11-22-7-9-23(10-8-22)12-3-5-13(24)6-4-12/h3-6,24H,7-11H2,1-2H3,(H2,17,18,19,20). The quantitative estimate of drug-likeness (QED) is 0.840. The van der Waals surface area contributed by atoms with Crippen molar-refractivity contribution in [2.24, 2.45) is 0 Å². The van der Waals surface area contributed by atoms with E-state index in [-0.39, 0.29) is 5.95 Å². The predicted molar refractivity (Wildman–Crippen MR) is 94.2 cm³/mol. The van der Waals surface area contributed by atoms with Crippen LogP contribution in [0.15, 0.2) is 24.3 Å². The number of hydrogen-bond acceptors (Lipinski definition) is 8. The van der Waals surface area contributed by atoms with Crippen molar-refractivity contribution >= 4 is 17.6 Å². The SMILES string of the molecule is CN(C)c1nc(N)nc(CN2CCN(c3ccc(O)cc3)CC2)n1. The van der Waals surface area contributed by atoms with Crippen LogP contribution in [0.5, 0.6) is 5.75 Å². The molecule has 0 aliphatic carbocycles. The topological polar surface area (TPSA) is 94.6 Å². The first-order valence-corrected chi connectivity index (χ1v) is 7.95.